The number of nitrogens with one attached hydrogen (secondary N) is 2. The van der Waals surface area contributed by atoms with Crippen LogP contribution in [0, 0.1) is 11.7 Å². The quantitative estimate of drug-likeness (QED) is 0.879. The summed E-state index contributed by atoms with van der Waals surface area (Å²) in [6.07, 6.45) is 5.14. The topological polar surface area (TPSA) is 53.6 Å². The van der Waals surface area contributed by atoms with Crippen LogP contribution in [0.1, 0.15) is 32.1 Å². The van der Waals surface area contributed by atoms with Gasteiger partial charge in [0.15, 0.2) is 0 Å². The first kappa shape index (κ1) is 16.8. The van der Waals surface area contributed by atoms with Crippen molar-refractivity contribution in [3.63, 3.8) is 0 Å². The van der Waals surface area contributed by atoms with Gasteiger partial charge in [-0.15, -0.1) is 0 Å². The fourth-order valence-corrected chi connectivity index (χ4v) is 4.47. The second kappa shape index (κ2) is 7.30. The maximum atomic E-state index is 14.0. The number of carbonyl (C=O) groups excluding carboxylic acids is 1. The maximum absolute atomic E-state index is 14.0. The molecule has 2 atom stereocenters. The Morgan fingerprint density at radius 2 is 1.92 bits per heavy atom. The van der Waals surface area contributed by atoms with Crippen molar-refractivity contribution in [3.8, 4) is 0 Å². The second-order valence-electron chi connectivity index (χ2n) is 7.53. The smallest absolute Gasteiger partial charge is 0.224 e. The number of piperidine rings is 1. The van der Waals surface area contributed by atoms with Gasteiger partial charge in [0.1, 0.15) is 5.82 Å². The van der Waals surface area contributed by atoms with Gasteiger partial charge in [-0.1, -0.05) is 0 Å². The van der Waals surface area contributed by atoms with Crippen LogP contribution in [0.4, 0.5) is 15.8 Å². The molecule has 2 unspecified atom stereocenters. The molecule has 3 heterocycles. The van der Waals surface area contributed by atoms with E-state index in [0.29, 0.717) is 43.3 Å². The Labute approximate surface area is 147 Å². The molecule has 0 aliphatic carbocycles. The maximum Gasteiger partial charge on any atom is 0.224 e. The van der Waals surface area contributed by atoms with Gasteiger partial charge < -0.3 is 20.3 Å². The Balaban J connectivity index is 1.38. The third kappa shape index (κ3) is 4.12. The zero-order chi connectivity index (χ0) is 17.2. The van der Waals surface area contributed by atoms with Crippen LogP contribution < -0.4 is 15.5 Å². The predicted molar refractivity (Wildman–Crippen MR) is 95.3 cm³/mol. The first-order chi connectivity index (χ1) is 12.2. The Bertz CT molecular complexity index is 621. The number of morpholine rings is 1. The summed E-state index contributed by atoms with van der Waals surface area (Å²) in [5.41, 5.74) is 1.35. The highest BCUT2D eigenvalue weighted by Crippen LogP contribution is 2.33. The van der Waals surface area contributed by atoms with Crippen molar-refractivity contribution >= 4 is 17.3 Å². The van der Waals surface area contributed by atoms with E-state index in [0.717, 1.165) is 31.6 Å². The number of anilines is 2. The lowest BCUT2D eigenvalue weighted by Crippen LogP contribution is -2.39. The Morgan fingerprint density at radius 3 is 2.64 bits per heavy atom. The van der Waals surface area contributed by atoms with E-state index in [9.17, 15) is 9.18 Å². The molecule has 136 valence electrons. The molecule has 3 saturated heterocycles. The molecule has 1 aromatic rings. The first-order valence-corrected chi connectivity index (χ1v) is 9.35. The predicted octanol–water partition coefficient (Wildman–Crippen LogP) is 2.52. The lowest BCUT2D eigenvalue weighted by Gasteiger charge is -2.29. The number of hydrogen-bond acceptors (Lipinski definition) is 4. The molecule has 1 amide bonds. The number of nitrogens with zero attached hydrogens (tertiary/aromatic N) is 1. The third-order valence-corrected chi connectivity index (χ3v) is 5.59. The van der Waals surface area contributed by atoms with E-state index in [1.807, 2.05) is 6.07 Å². The Morgan fingerprint density at radius 1 is 1.20 bits per heavy atom. The van der Waals surface area contributed by atoms with Gasteiger partial charge >= 0.3 is 0 Å². The number of hydrogen-bond donors (Lipinski definition) is 2. The van der Waals surface area contributed by atoms with Crippen LogP contribution in [-0.2, 0) is 9.53 Å². The van der Waals surface area contributed by atoms with E-state index in [1.54, 1.807) is 0 Å². The van der Waals surface area contributed by atoms with E-state index < -0.39 is 0 Å². The zero-order valence-corrected chi connectivity index (χ0v) is 14.5. The SMILES string of the molecule is O=C(CC1CC2CCC(C1)N2)Nc1cc(F)cc(N2CCOCC2)c1. The van der Waals surface area contributed by atoms with E-state index in [4.69, 9.17) is 4.74 Å². The molecule has 1 aromatic carbocycles. The van der Waals surface area contributed by atoms with Crippen molar-refractivity contribution < 1.29 is 13.9 Å². The molecule has 5 nitrogen and oxygen atoms in total. The number of fused-ring (bicyclic) bond motifs is 2. The summed E-state index contributed by atoms with van der Waals surface area (Å²) in [6.45, 7) is 2.79. The molecular weight excluding hydrogens is 321 g/mol. The van der Waals surface area contributed by atoms with E-state index in [-0.39, 0.29) is 11.7 Å². The van der Waals surface area contributed by atoms with Crippen molar-refractivity contribution in [3.05, 3.63) is 24.0 Å². The van der Waals surface area contributed by atoms with Gasteiger partial charge in [0.2, 0.25) is 5.91 Å². The number of benzene rings is 1. The molecule has 2 bridgehead atoms. The second-order valence-corrected chi connectivity index (χ2v) is 7.53. The van der Waals surface area contributed by atoms with Gasteiger partial charge in [-0.2, -0.15) is 0 Å². The molecule has 4 rings (SSSR count). The van der Waals surface area contributed by atoms with Gasteiger partial charge in [-0.25, -0.2) is 4.39 Å². The van der Waals surface area contributed by atoms with Crippen LogP contribution in [0.2, 0.25) is 0 Å². The van der Waals surface area contributed by atoms with Crippen LogP contribution >= 0.6 is 0 Å². The molecule has 3 aliphatic heterocycles. The fourth-order valence-electron chi connectivity index (χ4n) is 4.47. The summed E-state index contributed by atoms with van der Waals surface area (Å²) in [7, 11) is 0. The lowest BCUT2D eigenvalue weighted by molar-refractivity contribution is -0.117. The minimum atomic E-state index is -0.320. The van der Waals surface area contributed by atoms with Gasteiger partial charge in [0.25, 0.3) is 0 Å². The van der Waals surface area contributed by atoms with Crippen LogP contribution in [0.5, 0.6) is 0 Å². The molecule has 0 spiro atoms. The summed E-state index contributed by atoms with van der Waals surface area (Å²) in [5.74, 6) is 0.107. The number of rotatable bonds is 4. The fraction of sp³-hybridized carbons (Fsp3) is 0.632. The van der Waals surface area contributed by atoms with Crippen LogP contribution in [0.15, 0.2) is 18.2 Å². The zero-order valence-electron chi connectivity index (χ0n) is 14.5. The highest BCUT2D eigenvalue weighted by molar-refractivity contribution is 5.91. The lowest BCUT2D eigenvalue weighted by atomic mass is 9.89. The number of amides is 1. The minimum absolute atomic E-state index is 0.00942. The average molecular weight is 347 g/mol. The molecule has 6 heteroatoms. The summed E-state index contributed by atoms with van der Waals surface area (Å²) in [6, 6.07) is 5.94. The van der Waals surface area contributed by atoms with Crippen molar-refractivity contribution in [2.45, 2.75) is 44.2 Å². The largest absolute Gasteiger partial charge is 0.378 e. The highest BCUT2D eigenvalue weighted by atomic mass is 19.1. The summed E-state index contributed by atoms with van der Waals surface area (Å²) >= 11 is 0. The number of carbonyl (C=O) groups is 1. The van der Waals surface area contributed by atoms with Crippen molar-refractivity contribution in [2.24, 2.45) is 5.92 Å². The summed E-state index contributed by atoms with van der Waals surface area (Å²) in [4.78, 5) is 14.5. The van der Waals surface area contributed by atoms with Gasteiger partial charge in [0, 0.05) is 43.0 Å². The molecule has 2 N–H and O–H groups in total. The summed E-state index contributed by atoms with van der Waals surface area (Å²) in [5, 5.41) is 6.50. The Kier molecular flexibility index (Phi) is 4.90. The minimum Gasteiger partial charge on any atom is -0.378 e. The van der Waals surface area contributed by atoms with E-state index in [1.165, 1.54) is 25.0 Å². The average Bonchev–Trinajstić information content (AvgIpc) is 2.93. The first-order valence-electron chi connectivity index (χ1n) is 9.35. The molecule has 25 heavy (non-hydrogen) atoms. The highest BCUT2D eigenvalue weighted by Gasteiger charge is 2.34. The van der Waals surface area contributed by atoms with Gasteiger partial charge in [-0.3, -0.25) is 4.79 Å². The van der Waals surface area contributed by atoms with Crippen LogP contribution in [-0.4, -0.2) is 44.3 Å². The monoisotopic (exact) mass is 347 g/mol. The van der Waals surface area contributed by atoms with Crippen LogP contribution in [0.3, 0.4) is 0 Å². The van der Waals surface area contributed by atoms with Crippen LogP contribution in [0.25, 0.3) is 0 Å². The van der Waals surface area contributed by atoms with E-state index >= 15 is 0 Å². The molecular formula is C19H26FN3O2. The molecule has 3 fully saturated rings. The molecule has 0 saturated carbocycles. The Hall–Kier alpha value is -1.66. The normalized spacial score (nSPS) is 28.8. The standard InChI is InChI=1S/C19H26FN3O2/c20-14-10-17(12-18(11-14)23-3-5-25-6-4-23)22-19(24)9-13-7-15-1-2-16(8-13)21-15/h10-13,15-16,21H,1-9H2,(H,22,24). The van der Waals surface area contributed by atoms with Crippen molar-refractivity contribution in [1.29, 1.82) is 0 Å². The number of halogens is 1. The number of ether oxygens (including phenoxy) is 1. The molecule has 3 aliphatic rings. The van der Waals surface area contributed by atoms with Crippen molar-refractivity contribution in [1.82, 2.24) is 5.32 Å². The van der Waals surface area contributed by atoms with Gasteiger partial charge in [0.05, 0.1) is 13.2 Å². The van der Waals surface area contributed by atoms with Crippen molar-refractivity contribution in [2.75, 3.05) is 36.5 Å². The molecule has 0 radical (unpaired) electrons. The van der Waals surface area contributed by atoms with E-state index in [2.05, 4.69) is 15.5 Å². The third-order valence-electron chi connectivity index (χ3n) is 5.59. The molecule has 0 aromatic heterocycles. The summed E-state index contributed by atoms with van der Waals surface area (Å²) < 4.78 is 19.3. The van der Waals surface area contributed by atoms with Gasteiger partial charge in [-0.05, 0) is 49.8 Å².